The van der Waals surface area contributed by atoms with E-state index in [2.05, 4.69) is 5.32 Å². The second-order valence-electron chi connectivity index (χ2n) is 4.26. The molecule has 0 bridgehead atoms. The zero-order valence-electron chi connectivity index (χ0n) is 9.17. The summed E-state index contributed by atoms with van der Waals surface area (Å²) in [5.74, 6) is -1.35. The Morgan fingerprint density at radius 3 is 2.59 bits per heavy atom. The molecule has 2 N–H and O–H groups in total. The van der Waals surface area contributed by atoms with Gasteiger partial charge in [-0.25, -0.2) is 4.39 Å². The predicted octanol–water partition coefficient (Wildman–Crippen LogP) is 2.18. The van der Waals surface area contributed by atoms with Crippen molar-refractivity contribution in [3.05, 3.63) is 34.6 Å². The Balaban J connectivity index is 2.49. The molecule has 3 nitrogen and oxygen atoms in total. The molecule has 1 aliphatic rings. The van der Waals surface area contributed by atoms with Crippen LogP contribution in [-0.2, 0) is 10.2 Å². The van der Waals surface area contributed by atoms with Gasteiger partial charge < -0.3 is 10.4 Å². The fourth-order valence-electron chi connectivity index (χ4n) is 2.33. The van der Waals surface area contributed by atoms with Gasteiger partial charge >= 0.3 is 5.97 Å². The fraction of sp³-hybridized carbons (Fsp3) is 0.417. The first-order valence-corrected chi connectivity index (χ1v) is 5.84. The maximum atomic E-state index is 13.0. The van der Waals surface area contributed by atoms with E-state index in [1.54, 1.807) is 0 Å². The lowest BCUT2D eigenvalue weighted by Gasteiger charge is -2.34. The van der Waals surface area contributed by atoms with Gasteiger partial charge in [0.05, 0.1) is 5.41 Å². The number of carbonyl (C=O) groups is 1. The monoisotopic (exact) mass is 257 g/mol. The van der Waals surface area contributed by atoms with Crippen LogP contribution in [0.5, 0.6) is 0 Å². The molecule has 1 aliphatic heterocycles. The third-order valence-corrected chi connectivity index (χ3v) is 3.63. The molecule has 0 spiro atoms. The van der Waals surface area contributed by atoms with Crippen LogP contribution >= 0.6 is 11.6 Å². The quantitative estimate of drug-likeness (QED) is 0.854. The summed E-state index contributed by atoms with van der Waals surface area (Å²) in [4.78, 5) is 11.5. The first-order chi connectivity index (χ1) is 8.06. The summed E-state index contributed by atoms with van der Waals surface area (Å²) >= 11 is 5.97. The van der Waals surface area contributed by atoms with Crippen LogP contribution in [-0.4, -0.2) is 24.2 Å². The Morgan fingerprint density at radius 1 is 1.41 bits per heavy atom. The zero-order chi connectivity index (χ0) is 12.5. The lowest BCUT2D eigenvalue weighted by atomic mass is 9.73. The maximum absolute atomic E-state index is 13.0. The number of benzene rings is 1. The first-order valence-electron chi connectivity index (χ1n) is 5.46. The molecule has 1 fully saturated rings. The lowest BCUT2D eigenvalue weighted by Crippen LogP contribution is -2.45. The normalized spacial score (nSPS) is 18.9. The van der Waals surface area contributed by atoms with Gasteiger partial charge in [0.1, 0.15) is 5.82 Å². The van der Waals surface area contributed by atoms with Gasteiger partial charge in [-0.2, -0.15) is 0 Å². The van der Waals surface area contributed by atoms with Gasteiger partial charge in [-0.3, -0.25) is 4.79 Å². The van der Waals surface area contributed by atoms with Crippen LogP contribution in [0.25, 0.3) is 0 Å². The maximum Gasteiger partial charge on any atom is 0.314 e. The molecule has 92 valence electrons. The van der Waals surface area contributed by atoms with Crippen molar-refractivity contribution in [2.45, 2.75) is 18.3 Å². The van der Waals surface area contributed by atoms with Gasteiger partial charge in [-0.1, -0.05) is 17.7 Å². The van der Waals surface area contributed by atoms with Crippen molar-refractivity contribution in [3.8, 4) is 0 Å². The number of carboxylic acids is 1. The molecule has 1 aromatic carbocycles. The van der Waals surface area contributed by atoms with Crippen LogP contribution in [0.3, 0.4) is 0 Å². The van der Waals surface area contributed by atoms with E-state index in [0.29, 0.717) is 31.5 Å². The molecular weight excluding hydrogens is 245 g/mol. The highest BCUT2D eigenvalue weighted by Gasteiger charge is 2.42. The molecule has 2 rings (SSSR count). The molecule has 0 aliphatic carbocycles. The van der Waals surface area contributed by atoms with Crippen LogP contribution in [0.1, 0.15) is 18.4 Å². The van der Waals surface area contributed by atoms with Crippen molar-refractivity contribution in [2.24, 2.45) is 0 Å². The van der Waals surface area contributed by atoms with Crippen LogP contribution < -0.4 is 5.32 Å². The van der Waals surface area contributed by atoms with Crippen LogP contribution in [0, 0.1) is 5.82 Å². The van der Waals surface area contributed by atoms with E-state index in [1.807, 2.05) is 0 Å². The standard InChI is InChI=1S/C12H13ClFNO2/c13-10-7-8(14)1-2-9(10)12(11(16)17)3-5-15-6-4-12/h1-2,7,15H,3-6H2,(H,16,17). The fourth-order valence-corrected chi connectivity index (χ4v) is 2.68. The van der Waals surface area contributed by atoms with Gasteiger partial charge in [0.15, 0.2) is 0 Å². The van der Waals surface area contributed by atoms with Crippen molar-refractivity contribution >= 4 is 17.6 Å². The summed E-state index contributed by atoms with van der Waals surface area (Å²) in [5.41, 5.74) is -0.481. The zero-order valence-corrected chi connectivity index (χ0v) is 9.93. The van der Waals surface area contributed by atoms with Gasteiger partial charge in [0.25, 0.3) is 0 Å². The second-order valence-corrected chi connectivity index (χ2v) is 4.67. The van der Waals surface area contributed by atoms with E-state index in [1.165, 1.54) is 18.2 Å². The van der Waals surface area contributed by atoms with E-state index in [9.17, 15) is 14.3 Å². The van der Waals surface area contributed by atoms with E-state index < -0.39 is 17.2 Å². The van der Waals surface area contributed by atoms with Crippen LogP contribution in [0.2, 0.25) is 5.02 Å². The Labute approximate surface area is 104 Å². The number of aliphatic carboxylic acids is 1. The second kappa shape index (κ2) is 4.63. The van der Waals surface area contributed by atoms with E-state index in [0.717, 1.165) is 0 Å². The SMILES string of the molecule is O=C(O)C1(c2ccc(F)cc2Cl)CCNCC1. The molecule has 1 heterocycles. The minimum Gasteiger partial charge on any atom is -0.481 e. The molecule has 0 radical (unpaired) electrons. The van der Waals surface area contributed by atoms with Gasteiger partial charge in [0.2, 0.25) is 0 Å². The van der Waals surface area contributed by atoms with Crippen molar-refractivity contribution in [1.29, 1.82) is 0 Å². The van der Waals surface area contributed by atoms with Gasteiger partial charge in [-0.05, 0) is 43.6 Å². The molecular formula is C12H13ClFNO2. The third kappa shape index (κ3) is 2.15. The Hall–Kier alpha value is -1.13. The molecule has 5 heteroatoms. The van der Waals surface area contributed by atoms with Crippen LogP contribution in [0.4, 0.5) is 4.39 Å². The van der Waals surface area contributed by atoms with Crippen molar-refractivity contribution < 1.29 is 14.3 Å². The molecule has 0 saturated carbocycles. The minimum absolute atomic E-state index is 0.189. The summed E-state index contributed by atoms with van der Waals surface area (Å²) in [7, 11) is 0. The molecule has 17 heavy (non-hydrogen) atoms. The number of carboxylic acid groups (broad SMARTS) is 1. The van der Waals surface area contributed by atoms with Gasteiger partial charge in [0, 0.05) is 5.02 Å². The van der Waals surface area contributed by atoms with E-state index in [4.69, 9.17) is 11.6 Å². The summed E-state index contributed by atoms with van der Waals surface area (Å²) < 4.78 is 13.0. The lowest BCUT2D eigenvalue weighted by molar-refractivity contribution is -0.145. The Bertz CT molecular complexity index is 444. The van der Waals surface area contributed by atoms with Crippen LogP contribution in [0.15, 0.2) is 18.2 Å². The largest absolute Gasteiger partial charge is 0.481 e. The number of hydrogen-bond acceptors (Lipinski definition) is 2. The highest BCUT2D eigenvalue weighted by Crippen LogP contribution is 2.38. The molecule has 1 saturated heterocycles. The summed E-state index contributed by atoms with van der Waals surface area (Å²) in [6.07, 6.45) is 0.932. The highest BCUT2D eigenvalue weighted by atomic mass is 35.5. The number of piperidine rings is 1. The topological polar surface area (TPSA) is 49.3 Å². The smallest absolute Gasteiger partial charge is 0.314 e. The minimum atomic E-state index is -0.990. The third-order valence-electron chi connectivity index (χ3n) is 3.31. The van der Waals surface area contributed by atoms with E-state index in [-0.39, 0.29) is 5.02 Å². The Kier molecular flexibility index (Phi) is 3.35. The average molecular weight is 258 g/mol. The van der Waals surface area contributed by atoms with Crippen molar-refractivity contribution in [3.63, 3.8) is 0 Å². The molecule has 0 atom stereocenters. The number of rotatable bonds is 2. The highest BCUT2D eigenvalue weighted by molar-refractivity contribution is 6.31. The van der Waals surface area contributed by atoms with Crippen molar-refractivity contribution in [1.82, 2.24) is 5.32 Å². The summed E-state index contributed by atoms with van der Waals surface area (Å²) in [6.45, 7) is 1.25. The molecule has 1 aromatic rings. The number of hydrogen-bond donors (Lipinski definition) is 2. The van der Waals surface area contributed by atoms with Crippen molar-refractivity contribution in [2.75, 3.05) is 13.1 Å². The molecule has 0 unspecified atom stereocenters. The van der Waals surface area contributed by atoms with Gasteiger partial charge in [-0.15, -0.1) is 0 Å². The number of halogens is 2. The predicted molar refractivity (Wildman–Crippen MR) is 62.8 cm³/mol. The average Bonchev–Trinajstić information content (AvgIpc) is 2.29. The number of nitrogens with one attached hydrogen (secondary N) is 1. The Morgan fingerprint density at radius 2 is 2.06 bits per heavy atom. The first kappa shape index (κ1) is 12.3. The molecule has 0 amide bonds. The summed E-state index contributed by atoms with van der Waals surface area (Å²) in [5, 5.41) is 12.8. The summed E-state index contributed by atoms with van der Waals surface area (Å²) in [6, 6.07) is 3.91. The molecule has 0 aromatic heterocycles. The van der Waals surface area contributed by atoms with E-state index >= 15 is 0 Å².